The van der Waals surface area contributed by atoms with Crippen molar-refractivity contribution in [2.24, 2.45) is 5.41 Å². The summed E-state index contributed by atoms with van der Waals surface area (Å²) in [4.78, 5) is 34.4. The van der Waals surface area contributed by atoms with Gasteiger partial charge in [0.15, 0.2) is 11.5 Å². The second-order valence-electron chi connectivity index (χ2n) is 9.27. The van der Waals surface area contributed by atoms with Gasteiger partial charge in [0, 0.05) is 42.3 Å². The lowest BCUT2D eigenvalue weighted by molar-refractivity contribution is -0.123. The van der Waals surface area contributed by atoms with Gasteiger partial charge in [0.05, 0.1) is 11.6 Å². The van der Waals surface area contributed by atoms with Crippen molar-refractivity contribution >= 4 is 23.1 Å². The van der Waals surface area contributed by atoms with Gasteiger partial charge in [0.25, 0.3) is 5.91 Å². The minimum Gasteiger partial charge on any atom is -0.503 e. The molecule has 31 heavy (non-hydrogen) atoms. The van der Waals surface area contributed by atoms with E-state index in [-0.39, 0.29) is 11.4 Å². The van der Waals surface area contributed by atoms with Crippen LogP contribution in [0.3, 0.4) is 0 Å². The molecule has 1 amide bonds. The molecule has 4 rings (SSSR count). The number of carbonyl (C=O) groups excluding carboxylic acids is 2. The fraction of sp³-hybridized carbons (Fsp3) is 0.400. The smallest absolute Gasteiger partial charge is 0.294 e. The quantitative estimate of drug-likeness (QED) is 0.785. The third-order valence-electron chi connectivity index (χ3n) is 5.98. The number of benzene rings is 1. The van der Waals surface area contributed by atoms with Crippen molar-refractivity contribution in [3.8, 4) is 0 Å². The minimum absolute atomic E-state index is 0.130. The van der Waals surface area contributed by atoms with Crippen molar-refractivity contribution in [2.45, 2.75) is 46.1 Å². The molecule has 6 nitrogen and oxygen atoms in total. The molecule has 1 aromatic heterocycles. The highest BCUT2D eigenvalue weighted by molar-refractivity contribution is 6.17. The minimum atomic E-state index is -0.738. The molecule has 1 N–H and O–H groups in total. The van der Waals surface area contributed by atoms with Crippen LogP contribution >= 0.6 is 0 Å². The van der Waals surface area contributed by atoms with E-state index in [1.54, 1.807) is 39.2 Å². The standard InChI is InChI=1S/C25H29N3O3/c1-25(2,3)23(30)20-21(17-8-7-13-26-16-17)28(24(31)22(20)29)19-11-9-18(10-12-19)27-14-5-4-6-15-27/h7-13,16,21,29H,4-6,14-15H2,1-3H3. The van der Waals surface area contributed by atoms with Crippen molar-refractivity contribution in [3.63, 3.8) is 0 Å². The first-order valence-corrected chi connectivity index (χ1v) is 10.9. The first-order valence-electron chi connectivity index (χ1n) is 10.9. The fourth-order valence-corrected chi connectivity index (χ4v) is 4.34. The van der Waals surface area contributed by atoms with E-state index in [0.29, 0.717) is 11.3 Å². The Hall–Kier alpha value is -3.15. The third kappa shape index (κ3) is 3.94. The number of hydrogen-bond donors (Lipinski definition) is 1. The van der Waals surface area contributed by atoms with Crippen LogP contribution in [0.1, 0.15) is 51.6 Å². The van der Waals surface area contributed by atoms with Crippen molar-refractivity contribution in [1.82, 2.24) is 4.98 Å². The summed E-state index contributed by atoms with van der Waals surface area (Å²) in [7, 11) is 0. The second-order valence-corrected chi connectivity index (χ2v) is 9.27. The van der Waals surface area contributed by atoms with Gasteiger partial charge in [-0.15, -0.1) is 0 Å². The zero-order chi connectivity index (χ0) is 22.2. The molecule has 2 aliphatic rings. The summed E-state index contributed by atoms with van der Waals surface area (Å²) < 4.78 is 0. The van der Waals surface area contributed by atoms with Gasteiger partial charge in [0.2, 0.25) is 0 Å². The number of carbonyl (C=O) groups is 2. The van der Waals surface area contributed by atoms with E-state index in [1.807, 2.05) is 30.3 Å². The van der Waals surface area contributed by atoms with Gasteiger partial charge in [0.1, 0.15) is 0 Å². The molecule has 3 heterocycles. The summed E-state index contributed by atoms with van der Waals surface area (Å²) in [5, 5.41) is 10.8. The maximum absolute atomic E-state index is 13.2. The first kappa shape index (κ1) is 21.1. The molecule has 1 saturated heterocycles. The van der Waals surface area contributed by atoms with Crippen LogP contribution in [0.5, 0.6) is 0 Å². The van der Waals surface area contributed by atoms with Crippen LogP contribution in [0.15, 0.2) is 60.1 Å². The largest absolute Gasteiger partial charge is 0.503 e. The highest BCUT2D eigenvalue weighted by atomic mass is 16.3. The SMILES string of the molecule is CC(C)(C)C(=O)C1=C(O)C(=O)N(c2ccc(N3CCCCC3)cc2)C1c1cccnc1. The number of nitrogens with zero attached hydrogens (tertiary/aromatic N) is 3. The maximum Gasteiger partial charge on any atom is 0.294 e. The number of aromatic nitrogens is 1. The number of aliphatic hydroxyl groups is 1. The fourth-order valence-electron chi connectivity index (χ4n) is 4.34. The zero-order valence-corrected chi connectivity index (χ0v) is 18.3. The van der Waals surface area contributed by atoms with Crippen LogP contribution in [-0.4, -0.2) is 34.9 Å². The normalized spacial score (nSPS) is 19.8. The average Bonchev–Trinajstić information content (AvgIpc) is 3.04. The Kier molecular flexibility index (Phi) is 5.56. The Bertz CT molecular complexity index is 1000. The van der Waals surface area contributed by atoms with Crippen LogP contribution in [0.2, 0.25) is 0 Å². The number of piperidine rings is 1. The molecule has 162 valence electrons. The average molecular weight is 420 g/mol. The van der Waals surface area contributed by atoms with Crippen LogP contribution in [-0.2, 0) is 9.59 Å². The Balaban J connectivity index is 1.74. The van der Waals surface area contributed by atoms with Crippen LogP contribution < -0.4 is 9.80 Å². The molecular formula is C25H29N3O3. The number of aliphatic hydroxyl groups excluding tert-OH is 1. The predicted molar refractivity (Wildman–Crippen MR) is 121 cm³/mol. The number of hydrogen-bond acceptors (Lipinski definition) is 5. The number of rotatable bonds is 4. The van der Waals surface area contributed by atoms with E-state index in [1.165, 1.54) is 24.2 Å². The highest BCUT2D eigenvalue weighted by Gasteiger charge is 2.46. The topological polar surface area (TPSA) is 73.7 Å². The summed E-state index contributed by atoms with van der Waals surface area (Å²) in [5.41, 5.74) is 1.84. The van der Waals surface area contributed by atoms with Gasteiger partial charge in [-0.25, -0.2) is 0 Å². The lowest BCUT2D eigenvalue weighted by atomic mass is 9.82. The number of anilines is 2. The van der Waals surface area contributed by atoms with Crippen LogP contribution in [0, 0.1) is 5.41 Å². The van der Waals surface area contributed by atoms with Gasteiger partial charge in [-0.1, -0.05) is 26.8 Å². The van der Waals surface area contributed by atoms with Gasteiger partial charge in [-0.05, 0) is 55.2 Å². The maximum atomic E-state index is 13.2. The molecule has 1 unspecified atom stereocenters. The van der Waals surface area contributed by atoms with E-state index in [9.17, 15) is 14.7 Å². The molecule has 0 aliphatic carbocycles. The summed E-state index contributed by atoms with van der Waals surface area (Å²) >= 11 is 0. The Morgan fingerprint density at radius 1 is 1.03 bits per heavy atom. The Morgan fingerprint density at radius 2 is 1.68 bits per heavy atom. The molecule has 6 heteroatoms. The van der Waals surface area contributed by atoms with E-state index in [4.69, 9.17) is 0 Å². The van der Waals surface area contributed by atoms with E-state index < -0.39 is 23.1 Å². The molecular weight excluding hydrogens is 390 g/mol. The van der Waals surface area contributed by atoms with E-state index in [2.05, 4.69) is 9.88 Å². The third-order valence-corrected chi connectivity index (χ3v) is 5.98. The van der Waals surface area contributed by atoms with E-state index in [0.717, 1.165) is 18.8 Å². The number of pyridine rings is 1. The van der Waals surface area contributed by atoms with Crippen LogP contribution in [0.25, 0.3) is 0 Å². The highest BCUT2D eigenvalue weighted by Crippen LogP contribution is 2.43. The van der Waals surface area contributed by atoms with Crippen LogP contribution in [0.4, 0.5) is 11.4 Å². The van der Waals surface area contributed by atoms with Crippen molar-refractivity contribution in [1.29, 1.82) is 0 Å². The first-order chi connectivity index (χ1) is 14.8. The second kappa shape index (κ2) is 8.17. The zero-order valence-electron chi connectivity index (χ0n) is 18.3. The van der Waals surface area contributed by atoms with Gasteiger partial charge in [-0.2, -0.15) is 0 Å². The number of Topliss-reactive ketones (excluding diaryl/α,β-unsaturated/α-hetero) is 1. The molecule has 0 saturated carbocycles. The number of ketones is 1. The summed E-state index contributed by atoms with van der Waals surface area (Å²) in [6.07, 6.45) is 6.92. The lowest BCUT2D eigenvalue weighted by Gasteiger charge is -2.31. The van der Waals surface area contributed by atoms with Gasteiger partial charge < -0.3 is 10.0 Å². The molecule has 0 spiro atoms. The molecule has 1 fully saturated rings. The summed E-state index contributed by atoms with van der Waals surface area (Å²) in [5.74, 6) is -1.29. The molecule has 0 radical (unpaired) electrons. The van der Waals surface area contributed by atoms with Crippen molar-refractivity contribution < 1.29 is 14.7 Å². The molecule has 1 atom stereocenters. The number of amides is 1. The van der Waals surface area contributed by atoms with Crippen molar-refractivity contribution in [2.75, 3.05) is 22.9 Å². The van der Waals surface area contributed by atoms with E-state index >= 15 is 0 Å². The van der Waals surface area contributed by atoms with Crippen molar-refractivity contribution in [3.05, 3.63) is 65.7 Å². The molecule has 1 aromatic carbocycles. The van der Waals surface area contributed by atoms with Gasteiger partial charge in [-0.3, -0.25) is 19.5 Å². The monoisotopic (exact) mass is 419 g/mol. The summed E-state index contributed by atoms with van der Waals surface area (Å²) in [6, 6.07) is 10.7. The predicted octanol–water partition coefficient (Wildman–Crippen LogP) is 4.59. The molecule has 2 aromatic rings. The Labute approximate surface area is 183 Å². The molecule has 2 aliphatic heterocycles. The lowest BCUT2D eigenvalue weighted by Crippen LogP contribution is -2.33. The Morgan fingerprint density at radius 3 is 2.26 bits per heavy atom. The van der Waals surface area contributed by atoms with Gasteiger partial charge >= 0.3 is 0 Å². The summed E-state index contributed by atoms with van der Waals surface area (Å²) in [6.45, 7) is 7.43. The molecule has 0 bridgehead atoms.